The third kappa shape index (κ3) is 3.40. The summed E-state index contributed by atoms with van der Waals surface area (Å²) in [5.41, 5.74) is -0.791. The van der Waals surface area contributed by atoms with Gasteiger partial charge in [-0.3, -0.25) is 0 Å². The molecule has 1 saturated heterocycles. The molecule has 1 atom stereocenters. The Hall–Kier alpha value is -1.34. The maximum Gasteiger partial charge on any atom is 0.416 e. The highest BCUT2D eigenvalue weighted by molar-refractivity contribution is 5.50. The minimum absolute atomic E-state index is 0.101. The molecule has 3 nitrogen and oxygen atoms in total. The Morgan fingerprint density at radius 3 is 2.75 bits per heavy atom. The standard InChI is InChI=1S/C13H16F4N2O/c1-18-7-10-8-19(4-5-20-10)12-3-2-9(6-11(12)14)13(15,16)17/h2-3,6,10,18H,4-5,7-8H2,1H3. The first-order chi connectivity index (χ1) is 9.41. The predicted molar refractivity (Wildman–Crippen MR) is 67.3 cm³/mol. The van der Waals surface area contributed by atoms with Gasteiger partial charge in [0.1, 0.15) is 5.82 Å². The van der Waals surface area contributed by atoms with E-state index in [1.165, 1.54) is 6.07 Å². The highest BCUT2D eigenvalue weighted by Gasteiger charge is 2.32. The Morgan fingerprint density at radius 2 is 2.15 bits per heavy atom. The van der Waals surface area contributed by atoms with E-state index in [9.17, 15) is 17.6 Å². The van der Waals surface area contributed by atoms with Gasteiger partial charge in [0.2, 0.25) is 0 Å². The van der Waals surface area contributed by atoms with Gasteiger partial charge in [0.25, 0.3) is 0 Å². The molecule has 0 spiro atoms. The highest BCUT2D eigenvalue weighted by atomic mass is 19.4. The van der Waals surface area contributed by atoms with Crippen LogP contribution in [-0.4, -0.2) is 39.4 Å². The number of hydrogen-bond acceptors (Lipinski definition) is 3. The van der Waals surface area contributed by atoms with Gasteiger partial charge in [0, 0.05) is 19.6 Å². The zero-order valence-electron chi connectivity index (χ0n) is 11.0. The van der Waals surface area contributed by atoms with Crippen LogP contribution in [0.1, 0.15) is 5.56 Å². The van der Waals surface area contributed by atoms with E-state index in [-0.39, 0.29) is 11.8 Å². The van der Waals surface area contributed by atoms with E-state index in [2.05, 4.69) is 5.32 Å². The molecule has 1 heterocycles. The first kappa shape index (κ1) is 15.1. The number of rotatable bonds is 3. The number of nitrogens with zero attached hydrogens (tertiary/aromatic N) is 1. The molecule has 2 rings (SSSR count). The molecule has 1 aromatic rings. The van der Waals surface area contributed by atoms with Gasteiger partial charge in [-0.15, -0.1) is 0 Å². The monoisotopic (exact) mass is 292 g/mol. The molecule has 1 aliphatic rings. The van der Waals surface area contributed by atoms with Crippen LogP contribution >= 0.6 is 0 Å². The van der Waals surface area contributed by atoms with Crippen molar-refractivity contribution in [1.82, 2.24) is 5.32 Å². The summed E-state index contributed by atoms with van der Waals surface area (Å²) in [7, 11) is 1.78. The lowest BCUT2D eigenvalue weighted by Gasteiger charge is -2.34. The van der Waals surface area contributed by atoms with E-state index < -0.39 is 17.6 Å². The number of morpholine rings is 1. The number of likely N-dealkylation sites (N-methyl/N-ethyl adjacent to an activating group) is 1. The van der Waals surface area contributed by atoms with Crippen molar-refractivity contribution in [2.24, 2.45) is 0 Å². The molecular weight excluding hydrogens is 276 g/mol. The molecule has 1 aliphatic heterocycles. The maximum atomic E-state index is 13.9. The molecule has 1 fully saturated rings. The molecule has 0 aliphatic carbocycles. The summed E-state index contributed by atoms with van der Waals surface area (Å²) in [6.07, 6.45) is -4.63. The summed E-state index contributed by atoms with van der Waals surface area (Å²) >= 11 is 0. The van der Waals surface area contributed by atoms with E-state index in [1.54, 1.807) is 11.9 Å². The maximum absolute atomic E-state index is 13.9. The molecule has 0 bridgehead atoms. The molecule has 112 valence electrons. The first-order valence-corrected chi connectivity index (χ1v) is 6.29. The lowest BCUT2D eigenvalue weighted by Crippen LogP contribution is -2.46. The van der Waals surface area contributed by atoms with Gasteiger partial charge in [0.05, 0.1) is 24.0 Å². The number of ether oxygens (including phenoxy) is 1. The largest absolute Gasteiger partial charge is 0.416 e. The van der Waals surface area contributed by atoms with Crippen molar-refractivity contribution in [3.8, 4) is 0 Å². The second kappa shape index (κ2) is 5.97. The second-order valence-electron chi connectivity index (χ2n) is 4.66. The number of nitrogens with one attached hydrogen (secondary N) is 1. The molecule has 0 amide bonds. The summed E-state index contributed by atoms with van der Waals surface area (Å²) in [4.78, 5) is 1.71. The average Bonchev–Trinajstić information content (AvgIpc) is 2.38. The molecule has 1 unspecified atom stereocenters. The Kier molecular flexibility index (Phi) is 4.49. The van der Waals surface area contributed by atoms with Gasteiger partial charge >= 0.3 is 6.18 Å². The SMILES string of the molecule is CNCC1CN(c2ccc(C(F)(F)F)cc2F)CCO1. The summed E-state index contributed by atoms with van der Waals surface area (Å²) in [5, 5.41) is 2.96. The molecule has 1 aromatic carbocycles. The van der Waals surface area contributed by atoms with E-state index in [0.717, 1.165) is 6.07 Å². The van der Waals surface area contributed by atoms with E-state index in [0.29, 0.717) is 32.3 Å². The van der Waals surface area contributed by atoms with Crippen LogP contribution in [0.5, 0.6) is 0 Å². The van der Waals surface area contributed by atoms with Crippen molar-refractivity contribution in [2.75, 3.05) is 38.2 Å². The Bertz CT molecular complexity index is 462. The zero-order valence-corrected chi connectivity index (χ0v) is 11.0. The fourth-order valence-electron chi connectivity index (χ4n) is 2.23. The number of anilines is 1. The molecule has 0 aromatic heterocycles. The van der Waals surface area contributed by atoms with Gasteiger partial charge in [0.15, 0.2) is 0 Å². The quantitative estimate of drug-likeness (QED) is 0.865. The predicted octanol–water partition coefficient (Wildman–Crippen LogP) is 2.27. The van der Waals surface area contributed by atoms with Crippen molar-refractivity contribution in [3.05, 3.63) is 29.6 Å². The van der Waals surface area contributed by atoms with Crippen LogP contribution in [0.2, 0.25) is 0 Å². The van der Waals surface area contributed by atoms with Gasteiger partial charge in [-0.2, -0.15) is 13.2 Å². The lowest BCUT2D eigenvalue weighted by molar-refractivity contribution is -0.137. The van der Waals surface area contributed by atoms with Crippen LogP contribution in [0.4, 0.5) is 23.2 Å². The topological polar surface area (TPSA) is 24.5 Å². The van der Waals surface area contributed by atoms with Crippen molar-refractivity contribution in [1.29, 1.82) is 0 Å². The number of alkyl halides is 3. The summed E-state index contributed by atoms with van der Waals surface area (Å²) < 4.78 is 56.8. The van der Waals surface area contributed by atoms with E-state index in [4.69, 9.17) is 4.74 Å². The first-order valence-electron chi connectivity index (χ1n) is 6.29. The van der Waals surface area contributed by atoms with Crippen molar-refractivity contribution >= 4 is 5.69 Å². The number of hydrogen-bond donors (Lipinski definition) is 1. The zero-order chi connectivity index (χ0) is 14.8. The minimum Gasteiger partial charge on any atom is -0.373 e. The highest BCUT2D eigenvalue weighted by Crippen LogP contribution is 2.32. The molecule has 20 heavy (non-hydrogen) atoms. The molecule has 1 N–H and O–H groups in total. The number of halogens is 4. The van der Waals surface area contributed by atoms with Gasteiger partial charge < -0.3 is 15.0 Å². The molecular formula is C13H16F4N2O. The van der Waals surface area contributed by atoms with Crippen molar-refractivity contribution < 1.29 is 22.3 Å². The third-order valence-corrected chi connectivity index (χ3v) is 3.19. The smallest absolute Gasteiger partial charge is 0.373 e. The fraction of sp³-hybridized carbons (Fsp3) is 0.538. The van der Waals surface area contributed by atoms with Gasteiger partial charge in [-0.05, 0) is 25.2 Å². The van der Waals surface area contributed by atoms with Crippen molar-refractivity contribution in [2.45, 2.75) is 12.3 Å². The van der Waals surface area contributed by atoms with Crippen LogP contribution in [0, 0.1) is 5.82 Å². The minimum atomic E-state index is -4.53. The van der Waals surface area contributed by atoms with E-state index in [1.807, 2.05) is 0 Å². The summed E-state index contributed by atoms with van der Waals surface area (Å²) in [5.74, 6) is -0.857. The fourth-order valence-corrected chi connectivity index (χ4v) is 2.23. The van der Waals surface area contributed by atoms with Crippen LogP contribution in [0.25, 0.3) is 0 Å². The lowest BCUT2D eigenvalue weighted by atomic mass is 10.1. The molecule has 0 saturated carbocycles. The molecule has 0 radical (unpaired) electrons. The summed E-state index contributed by atoms with van der Waals surface area (Å²) in [6, 6.07) is 2.62. The van der Waals surface area contributed by atoms with Crippen molar-refractivity contribution in [3.63, 3.8) is 0 Å². The molecule has 7 heteroatoms. The Labute approximate surface area is 114 Å². The van der Waals surface area contributed by atoms with Crippen LogP contribution in [0.15, 0.2) is 18.2 Å². The normalized spacial score (nSPS) is 20.2. The summed E-state index contributed by atoms with van der Waals surface area (Å²) in [6.45, 7) is 1.94. The number of benzene rings is 1. The van der Waals surface area contributed by atoms with Gasteiger partial charge in [-0.1, -0.05) is 0 Å². The second-order valence-corrected chi connectivity index (χ2v) is 4.66. The van der Waals surface area contributed by atoms with Crippen LogP contribution in [-0.2, 0) is 10.9 Å². The van der Waals surface area contributed by atoms with Crippen LogP contribution < -0.4 is 10.2 Å². The third-order valence-electron chi connectivity index (χ3n) is 3.19. The Morgan fingerprint density at radius 1 is 1.40 bits per heavy atom. The van der Waals surface area contributed by atoms with Crippen LogP contribution in [0.3, 0.4) is 0 Å². The van der Waals surface area contributed by atoms with E-state index >= 15 is 0 Å². The Balaban J connectivity index is 2.16. The van der Waals surface area contributed by atoms with Gasteiger partial charge in [-0.25, -0.2) is 4.39 Å². The average molecular weight is 292 g/mol.